The van der Waals surface area contributed by atoms with Crippen LogP contribution < -0.4 is 9.47 Å². The predicted octanol–water partition coefficient (Wildman–Crippen LogP) is 3.08. The van der Waals surface area contributed by atoms with E-state index in [4.69, 9.17) is 14.2 Å². The number of hydrogen-bond donors (Lipinski definition) is 1. The fraction of sp³-hybridized carbons (Fsp3) is 0.304. The molecule has 0 aliphatic carbocycles. The van der Waals surface area contributed by atoms with Gasteiger partial charge in [0.15, 0.2) is 0 Å². The van der Waals surface area contributed by atoms with Gasteiger partial charge >= 0.3 is 0 Å². The van der Waals surface area contributed by atoms with Crippen LogP contribution in [0.2, 0.25) is 0 Å². The maximum Gasteiger partial charge on any atom is 0.295 e. The molecule has 2 aromatic rings. The van der Waals surface area contributed by atoms with E-state index in [2.05, 4.69) is 0 Å². The van der Waals surface area contributed by atoms with Gasteiger partial charge in [0.25, 0.3) is 11.7 Å². The Hall–Kier alpha value is -3.32. The van der Waals surface area contributed by atoms with Gasteiger partial charge in [0.05, 0.1) is 32.4 Å². The van der Waals surface area contributed by atoms with E-state index < -0.39 is 17.7 Å². The van der Waals surface area contributed by atoms with Gasteiger partial charge in [-0.1, -0.05) is 12.1 Å². The molecule has 1 N–H and O–H groups in total. The minimum absolute atomic E-state index is 0.0360. The molecule has 158 valence electrons. The summed E-state index contributed by atoms with van der Waals surface area (Å²) in [6.45, 7) is 2.31. The highest BCUT2D eigenvalue weighted by Crippen LogP contribution is 2.40. The minimum atomic E-state index is -0.752. The number of carbonyl (C=O) groups excluding carboxylic acids is 2. The summed E-state index contributed by atoms with van der Waals surface area (Å²) in [5, 5.41) is 11.1. The van der Waals surface area contributed by atoms with Gasteiger partial charge in [-0.2, -0.15) is 0 Å². The van der Waals surface area contributed by atoms with Gasteiger partial charge in [-0.3, -0.25) is 9.59 Å². The Labute approximate surface area is 175 Å². The summed E-state index contributed by atoms with van der Waals surface area (Å²) in [4.78, 5) is 27.1. The number of ether oxygens (including phenoxy) is 3. The van der Waals surface area contributed by atoms with Crippen LogP contribution >= 0.6 is 0 Å². The molecular formula is C23H25NO6. The van der Waals surface area contributed by atoms with Gasteiger partial charge < -0.3 is 24.2 Å². The summed E-state index contributed by atoms with van der Waals surface area (Å²) < 4.78 is 15.7. The van der Waals surface area contributed by atoms with Crippen LogP contribution in [-0.2, 0) is 14.3 Å². The van der Waals surface area contributed by atoms with E-state index in [-0.39, 0.29) is 24.5 Å². The van der Waals surface area contributed by atoms with Crippen LogP contribution in [0.3, 0.4) is 0 Å². The third kappa shape index (κ3) is 3.89. The first-order valence-electron chi connectivity index (χ1n) is 9.49. The second-order valence-corrected chi connectivity index (χ2v) is 6.95. The van der Waals surface area contributed by atoms with Crippen molar-refractivity contribution in [3.8, 4) is 11.5 Å². The molecule has 0 saturated carbocycles. The highest BCUT2D eigenvalue weighted by atomic mass is 16.5. The zero-order valence-corrected chi connectivity index (χ0v) is 17.5. The van der Waals surface area contributed by atoms with Gasteiger partial charge in [0, 0.05) is 19.2 Å². The van der Waals surface area contributed by atoms with Crippen molar-refractivity contribution in [2.45, 2.75) is 13.0 Å². The van der Waals surface area contributed by atoms with Crippen LogP contribution in [0.25, 0.3) is 5.76 Å². The highest BCUT2D eigenvalue weighted by Gasteiger charge is 2.46. The van der Waals surface area contributed by atoms with E-state index in [1.165, 1.54) is 12.0 Å². The summed E-state index contributed by atoms with van der Waals surface area (Å²) in [5.41, 5.74) is 1.93. The number of aliphatic hydroxyl groups excluding tert-OH is 1. The Kier molecular flexibility index (Phi) is 6.42. The summed E-state index contributed by atoms with van der Waals surface area (Å²) in [5.74, 6) is -0.384. The number of aryl methyl sites for hydroxylation is 1. The summed E-state index contributed by atoms with van der Waals surface area (Å²) >= 11 is 0. The maximum atomic E-state index is 12.9. The van der Waals surface area contributed by atoms with Crippen LogP contribution in [0.4, 0.5) is 0 Å². The lowest BCUT2D eigenvalue weighted by Crippen LogP contribution is -2.32. The lowest BCUT2D eigenvalue weighted by Gasteiger charge is -2.25. The van der Waals surface area contributed by atoms with Gasteiger partial charge in [0.1, 0.15) is 17.3 Å². The molecule has 7 heteroatoms. The Bertz CT molecular complexity index is 997. The van der Waals surface area contributed by atoms with Crippen molar-refractivity contribution >= 4 is 17.4 Å². The number of aliphatic hydroxyl groups is 1. The van der Waals surface area contributed by atoms with Crippen molar-refractivity contribution in [1.82, 2.24) is 4.90 Å². The zero-order chi connectivity index (χ0) is 21.8. The normalized spacial score (nSPS) is 18.0. The monoisotopic (exact) mass is 411 g/mol. The fourth-order valence-corrected chi connectivity index (χ4v) is 3.64. The van der Waals surface area contributed by atoms with Crippen molar-refractivity contribution in [2.24, 2.45) is 0 Å². The molecule has 1 fully saturated rings. The molecule has 0 spiro atoms. The van der Waals surface area contributed by atoms with Crippen molar-refractivity contribution in [3.05, 3.63) is 64.7 Å². The van der Waals surface area contributed by atoms with Crippen molar-refractivity contribution in [1.29, 1.82) is 0 Å². The van der Waals surface area contributed by atoms with Crippen LogP contribution in [0.1, 0.15) is 22.7 Å². The van der Waals surface area contributed by atoms with E-state index in [0.29, 0.717) is 22.6 Å². The van der Waals surface area contributed by atoms with E-state index in [1.54, 1.807) is 56.7 Å². The molecule has 0 radical (unpaired) electrons. The molecule has 1 atom stereocenters. The number of likely N-dealkylation sites (tertiary alicyclic amines) is 1. The molecule has 1 aliphatic heterocycles. The van der Waals surface area contributed by atoms with Crippen molar-refractivity contribution in [3.63, 3.8) is 0 Å². The van der Waals surface area contributed by atoms with Crippen LogP contribution in [0.15, 0.2) is 48.0 Å². The van der Waals surface area contributed by atoms with E-state index in [1.807, 2.05) is 6.92 Å². The average Bonchev–Trinajstić information content (AvgIpc) is 3.01. The predicted molar refractivity (Wildman–Crippen MR) is 112 cm³/mol. The average molecular weight is 411 g/mol. The van der Waals surface area contributed by atoms with Crippen LogP contribution in [0.5, 0.6) is 11.5 Å². The van der Waals surface area contributed by atoms with E-state index >= 15 is 0 Å². The Balaban J connectivity index is 2.17. The second-order valence-electron chi connectivity index (χ2n) is 6.95. The molecule has 30 heavy (non-hydrogen) atoms. The third-order valence-corrected chi connectivity index (χ3v) is 5.15. The lowest BCUT2D eigenvalue weighted by molar-refractivity contribution is -0.140. The molecule has 1 amide bonds. The molecule has 7 nitrogen and oxygen atoms in total. The number of Topliss-reactive ketones (excluding diaryl/α,β-unsaturated/α-hetero) is 1. The molecule has 1 heterocycles. The van der Waals surface area contributed by atoms with E-state index in [0.717, 1.165) is 5.56 Å². The smallest absolute Gasteiger partial charge is 0.295 e. The molecule has 2 aromatic carbocycles. The standard InChI is InChI=1S/C23H25NO6/c1-14-12-16(8-9-18(14)30-4)21(25)19-20(15-6-5-7-17(13-15)29-3)24(10-11-28-2)23(27)22(19)26/h5-9,12-13,20,25H,10-11H2,1-4H3/b21-19-. The number of rotatable bonds is 7. The zero-order valence-electron chi connectivity index (χ0n) is 17.5. The minimum Gasteiger partial charge on any atom is -0.507 e. The Morgan fingerprint density at radius 2 is 1.83 bits per heavy atom. The Morgan fingerprint density at radius 3 is 2.47 bits per heavy atom. The lowest BCUT2D eigenvalue weighted by atomic mass is 9.94. The third-order valence-electron chi connectivity index (χ3n) is 5.15. The van der Waals surface area contributed by atoms with Gasteiger partial charge in [-0.05, 0) is 48.4 Å². The van der Waals surface area contributed by atoms with Crippen molar-refractivity contribution in [2.75, 3.05) is 34.5 Å². The first-order chi connectivity index (χ1) is 14.4. The summed E-state index contributed by atoms with van der Waals surface area (Å²) in [6.07, 6.45) is 0. The first kappa shape index (κ1) is 21.4. The first-order valence-corrected chi connectivity index (χ1v) is 9.49. The topological polar surface area (TPSA) is 85.3 Å². The molecule has 0 bridgehead atoms. The Morgan fingerprint density at radius 1 is 1.07 bits per heavy atom. The quantitative estimate of drug-likeness (QED) is 0.428. The number of ketones is 1. The molecule has 0 aromatic heterocycles. The maximum absolute atomic E-state index is 12.9. The number of benzene rings is 2. The van der Waals surface area contributed by atoms with E-state index in [9.17, 15) is 14.7 Å². The summed E-state index contributed by atoms with van der Waals surface area (Å²) in [7, 11) is 4.63. The number of hydrogen-bond acceptors (Lipinski definition) is 6. The van der Waals surface area contributed by atoms with Crippen molar-refractivity contribution < 1.29 is 28.9 Å². The fourth-order valence-electron chi connectivity index (χ4n) is 3.64. The summed E-state index contributed by atoms with van der Waals surface area (Å²) in [6, 6.07) is 11.4. The molecule has 1 aliphatic rings. The number of carbonyl (C=O) groups is 2. The number of methoxy groups -OCH3 is 3. The molecule has 1 saturated heterocycles. The number of nitrogens with zero attached hydrogens (tertiary/aromatic N) is 1. The highest BCUT2D eigenvalue weighted by molar-refractivity contribution is 6.46. The van der Waals surface area contributed by atoms with Crippen LogP contribution in [0, 0.1) is 6.92 Å². The second kappa shape index (κ2) is 9.00. The largest absolute Gasteiger partial charge is 0.507 e. The molecule has 1 unspecified atom stereocenters. The van der Waals surface area contributed by atoms with Crippen LogP contribution in [-0.4, -0.2) is 56.2 Å². The molecular weight excluding hydrogens is 386 g/mol. The van der Waals surface area contributed by atoms with Gasteiger partial charge in [0.2, 0.25) is 0 Å². The molecule has 3 rings (SSSR count). The number of amides is 1. The SMILES string of the molecule is COCCN1C(=O)C(=O)/C(=C(\O)c2ccc(OC)c(C)c2)C1c1cccc(OC)c1. The van der Waals surface area contributed by atoms with Gasteiger partial charge in [-0.25, -0.2) is 0 Å². The van der Waals surface area contributed by atoms with Gasteiger partial charge in [-0.15, -0.1) is 0 Å².